The van der Waals surface area contributed by atoms with Gasteiger partial charge in [-0.3, -0.25) is 14.9 Å². The molecule has 0 fully saturated rings. The number of ether oxygens (including phenoxy) is 1. The van der Waals surface area contributed by atoms with Crippen LogP contribution in [0.5, 0.6) is 0 Å². The van der Waals surface area contributed by atoms with Crippen LogP contribution >= 0.6 is 0 Å². The summed E-state index contributed by atoms with van der Waals surface area (Å²) in [7, 11) is 0. The van der Waals surface area contributed by atoms with Crippen molar-refractivity contribution in [2.24, 2.45) is 0 Å². The molecule has 0 heterocycles. The number of hydrogen-bond donors (Lipinski definition) is 3. The molecule has 1 unspecified atom stereocenters. The molecule has 182 valence electrons. The zero-order valence-corrected chi connectivity index (χ0v) is 19.8. The van der Waals surface area contributed by atoms with E-state index < -0.39 is 35.4 Å². The van der Waals surface area contributed by atoms with Gasteiger partial charge in [0.1, 0.15) is 17.5 Å². The molecule has 3 aromatic carbocycles. The standard InChI is InChI=1S/C27H28FN3O4/c1-27(2,3)35-26(34)31-22-17-20(14-15-21(22)28)29-25(33)23(16-18-10-6-4-7-11-18)30-24(32)19-12-8-5-9-13-19/h4-15,17,23H,16H2,1-3H3,(H,29,33)(H,30,32)(H,31,34). The average Bonchev–Trinajstić information content (AvgIpc) is 2.80. The molecular formula is C27H28FN3O4. The van der Waals surface area contributed by atoms with Crippen LogP contribution in [0.25, 0.3) is 0 Å². The molecule has 0 radical (unpaired) electrons. The van der Waals surface area contributed by atoms with Crippen LogP contribution in [0.1, 0.15) is 36.7 Å². The molecule has 35 heavy (non-hydrogen) atoms. The Morgan fingerprint density at radius 2 is 1.51 bits per heavy atom. The predicted octanol–water partition coefficient (Wildman–Crippen LogP) is 5.15. The van der Waals surface area contributed by atoms with Crippen LogP contribution in [0.4, 0.5) is 20.6 Å². The van der Waals surface area contributed by atoms with Gasteiger partial charge in [-0.25, -0.2) is 9.18 Å². The highest BCUT2D eigenvalue weighted by Gasteiger charge is 2.23. The summed E-state index contributed by atoms with van der Waals surface area (Å²) in [4.78, 5) is 37.9. The molecule has 0 aliphatic carbocycles. The lowest BCUT2D eigenvalue weighted by Gasteiger charge is -2.21. The molecule has 3 aromatic rings. The summed E-state index contributed by atoms with van der Waals surface area (Å²) in [5.41, 5.74) is 0.615. The second-order valence-electron chi connectivity index (χ2n) is 8.89. The van der Waals surface area contributed by atoms with E-state index in [0.29, 0.717) is 5.56 Å². The Morgan fingerprint density at radius 3 is 2.14 bits per heavy atom. The first-order valence-electron chi connectivity index (χ1n) is 11.1. The summed E-state index contributed by atoms with van der Waals surface area (Å²) in [6.07, 6.45) is -0.577. The summed E-state index contributed by atoms with van der Waals surface area (Å²) >= 11 is 0. The highest BCUT2D eigenvalue weighted by molar-refractivity contribution is 6.01. The fourth-order valence-corrected chi connectivity index (χ4v) is 3.23. The topological polar surface area (TPSA) is 96.5 Å². The second-order valence-corrected chi connectivity index (χ2v) is 8.89. The number of hydrogen-bond acceptors (Lipinski definition) is 4. The Balaban J connectivity index is 1.77. The zero-order chi connectivity index (χ0) is 25.4. The molecule has 3 rings (SSSR count). The van der Waals surface area contributed by atoms with Gasteiger partial charge in [-0.05, 0) is 56.7 Å². The van der Waals surface area contributed by atoms with Gasteiger partial charge in [0.15, 0.2) is 0 Å². The van der Waals surface area contributed by atoms with Crippen LogP contribution in [-0.2, 0) is 16.0 Å². The monoisotopic (exact) mass is 477 g/mol. The first-order chi connectivity index (χ1) is 16.6. The van der Waals surface area contributed by atoms with Crippen molar-refractivity contribution in [3.63, 3.8) is 0 Å². The number of benzene rings is 3. The van der Waals surface area contributed by atoms with Crippen molar-refractivity contribution in [1.82, 2.24) is 5.32 Å². The van der Waals surface area contributed by atoms with Crippen LogP contribution in [-0.4, -0.2) is 29.6 Å². The van der Waals surface area contributed by atoms with Gasteiger partial charge in [-0.15, -0.1) is 0 Å². The number of rotatable bonds is 7. The highest BCUT2D eigenvalue weighted by atomic mass is 19.1. The van der Waals surface area contributed by atoms with Crippen molar-refractivity contribution < 1.29 is 23.5 Å². The second kappa shape index (κ2) is 11.3. The highest BCUT2D eigenvalue weighted by Crippen LogP contribution is 2.21. The minimum atomic E-state index is -0.905. The van der Waals surface area contributed by atoms with Crippen LogP contribution in [0.15, 0.2) is 78.9 Å². The number of halogens is 1. The first-order valence-corrected chi connectivity index (χ1v) is 11.1. The van der Waals surface area contributed by atoms with Gasteiger partial charge in [0.05, 0.1) is 5.69 Å². The Bertz CT molecular complexity index is 1180. The van der Waals surface area contributed by atoms with Crippen LogP contribution in [0.3, 0.4) is 0 Å². The molecule has 0 saturated carbocycles. The minimum absolute atomic E-state index is 0.148. The van der Waals surface area contributed by atoms with Crippen molar-refractivity contribution in [2.75, 3.05) is 10.6 Å². The normalized spacial score (nSPS) is 11.8. The summed E-state index contributed by atoms with van der Waals surface area (Å²) < 4.78 is 19.4. The number of nitrogens with one attached hydrogen (secondary N) is 3. The predicted molar refractivity (Wildman–Crippen MR) is 133 cm³/mol. The van der Waals surface area contributed by atoms with Gasteiger partial charge >= 0.3 is 6.09 Å². The van der Waals surface area contributed by atoms with E-state index in [2.05, 4.69) is 16.0 Å². The van der Waals surface area contributed by atoms with Gasteiger partial charge in [-0.1, -0.05) is 48.5 Å². The summed E-state index contributed by atoms with van der Waals surface area (Å²) in [5, 5.41) is 7.81. The summed E-state index contributed by atoms with van der Waals surface area (Å²) in [6, 6.07) is 20.7. The third-order valence-electron chi connectivity index (χ3n) is 4.81. The quantitative estimate of drug-likeness (QED) is 0.438. The molecule has 3 amide bonds. The average molecular weight is 478 g/mol. The molecule has 0 aliphatic heterocycles. The minimum Gasteiger partial charge on any atom is -0.444 e. The van der Waals surface area contributed by atoms with E-state index >= 15 is 0 Å². The van der Waals surface area contributed by atoms with Crippen molar-refractivity contribution in [2.45, 2.75) is 38.8 Å². The Kier molecular flexibility index (Phi) is 8.20. The fourth-order valence-electron chi connectivity index (χ4n) is 3.23. The SMILES string of the molecule is CC(C)(C)OC(=O)Nc1cc(NC(=O)C(Cc2ccccc2)NC(=O)c2ccccc2)ccc1F. The van der Waals surface area contributed by atoms with Crippen LogP contribution in [0.2, 0.25) is 0 Å². The van der Waals surface area contributed by atoms with Crippen LogP contribution in [0, 0.1) is 5.82 Å². The number of carbonyl (C=O) groups is 3. The van der Waals surface area contributed by atoms with E-state index in [1.807, 2.05) is 30.3 Å². The number of anilines is 2. The maximum absolute atomic E-state index is 14.3. The van der Waals surface area contributed by atoms with E-state index in [-0.39, 0.29) is 17.8 Å². The van der Waals surface area contributed by atoms with Gasteiger partial charge in [0.25, 0.3) is 5.91 Å². The molecule has 0 spiro atoms. The molecular weight excluding hydrogens is 449 g/mol. The van der Waals surface area contributed by atoms with E-state index in [0.717, 1.165) is 11.6 Å². The van der Waals surface area contributed by atoms with Crippen molar-refractivity contribution >= 4 is 29.3 Å². The Morgan fingerprint density at radius 1 is 0.886 bits per heavy atom. The first kappa shape index (κ1) is 25.4. The maximum Gasteiger partial charge on any atom is 0.412 e. The molecule has 0 aromatic heterocycles. The largest absolute Gasteiger partial charge is 0.444 e. The zero-order valence-electron chi connectivity index (χ0n) is 19.8. The molecule has 0 aliphatic rings. The molecule has 0 saturated heterocycles. The van der Waals surface area contributed by atoms with Gasteiger partial charge in [-0.2, -0.15) is 0 Å². The summed E-state index contributed by atoms with van der Waals surface area (Å²) in [5.74, 6) is -1.58. The maximum atomic E-state index is 14.3. The van der Waals surface area contributed by atoms with Gasteiger partial charge in [0.2, 0.25) is 5.91 Å². The van der Waals surface area contributed by atoms with Gasteiger partial charge in [0, 0.05) is 17.7 Å². The third kappa shape index (κ3) is 7.96. The lowest BCUT2D eigenvalue weighted by atomic mass is 10.0. The smallest absolute Gasteiger partial charge is 0.412 e. The molecule has 7 nitrogen and oxygen atoms in total. The van der Waals surface area contributed by atoms with Crippen LogP contribution < -0.4 is 16.0 Å². The van der Waals surface area contributed by atoms with E-state index in [1.165, 1.54) is 12.1 Å². The van der Waals surface area contributed by atoms with Crippen molar-refractivity contribution in [1.29, 1.82) is 0 Å². The van der Waals surface area contributed by atoms with E-state index in [4.69, 9.17) is 4.74 Å². The Hall–Kier alpha value is -4.20. The van der Waals surface area contributed by atoms with Crippen molar-refractivity contribution in [3.8, 4) is 0 Å². The number of amides is 3. The van der Waals surface area contributed by atoms with E-state index in [9.17, 15) is 18.8 Å². The summed E-state index contributed by atoms with van der Waals surface area (Å²) in [6.45, 7) is 5.07. The molecule has 3 N–H and O–H groups in total. The van der Waals surface area contributed by atoms with E-state index in [1.54, 1.807) is 51.1 Å². The van der Waals surface area contributed by atoms with Crippen molar-refractivity contribution in [3.05, 3.63) is 95.8 Å². The third-order valence-corrected chi connectivity index (χ3v) is 4.81. The lowest BCUT2D eigenvalue weighted by Crippen LogP contribution is -2.45. The molecule has 1 atom stereocenters. The fraction of sp³-hybridized carbons (Fsp3) is 0.222. The Labute approximate surface area is 203 Å². The number of carbonyl (C=O) groups excluding carboxylic acids is 3. The lowest BCUT2D eigenvalue weighted by molar-refractivity contribution is -0.118. The molecule has 8 heteroatoms. The van der Waals surface area contributed by atoms with Gasteiger partial charge < -0.3 is 15.4 Å². The molecule has 0 bridgehead atoms.